The molecule has 1 saturated heterocycles. The largest absolute Gasteiger partial charge is 0.300 e. The van der Waals surface area contributed by atoms with Gasteiger partial charge in [0.2, 0.25) is 0 Å². The van der Waals surface area contributed by atoms with Gasteiger partial charge in [0.05, 0.1) is 6.04 Å². The highest BCUT2D eigenvalue weighted by atomic mass is 15.3. The fourth-order valence-electron chi connectivity index (χ4n) is 4.30. The van der Waals surface area contributed by atoms with E-state index >= 15 is 0 Å². The average molecular weight is 245 g/mol. The standard InChI is InChI=1S/C15H23N3/c1-5-15(6-1)11-14(12-15)17-9-3-13(4-10-17)18-8-2-7-16-18/h2,7-8,13-14H,1,3-6,9-12H2. The summed E-state index contributed by atoms with van der Waals surface area (Å²) in [5.74, 6) is 0. The normalized spacial score (nSPS) is 29.1. The summed E-state index contributed by atoms with van der Waals surface area (Å²) >= 11 is 0. The Labute approximate surface area is 109 Å². The van der Waals surface area contributed by atoms with Gasteiger partial charge < -0.3 is 4.90 Å². The maximum atomic E-state index is 4.39. The zero-order valence-corrected chi connectivity index (χ0v) is 11.1. The molecule has 2 heterocycles. The fourth-order valence-corrected chi connectivity index (χ4v) is 4.30. The lowest BCUT2D eigenvalue weighted by atomic mass is 9.53. The van der Waals surface area contributed by atoms with Crippen molar-refractivity contribution < 1.29 is 0 Å². The molecule has 0 radical (unpaired) electrons. The Morgan fingerprint density at radius 1 is 1.06 bits per heavy atom. The van der Waals surface area contributed by atoms with Gasteiger partial charge in [-0.1, -0.05) is 6.42 Å². The fraction of sp³-hybridized carbons (Fsp3) is 0.800. The molecule has 0 aromatic carbocycles. The predicted molar refractivity (Wildman–Crippen MR) is 71.4 cm³/mol. The quantitative estimate of drug-likeness (QED) is 0.799. The molecule has 0 amide bonds. The summed E-state index contributed by atoms with van der Waals surface area (Å²) in [6.07, 6.45) is 14.1. The zero-order valence-electron chi connectivity index (χ0n) is 11.1. The van der Waals surface area contributed by atoms with E-state index in [4.69, 9.17) is 0 Å². The van der Waals surface area contributed by atoms with E-state index in [1.54, 1.807) is 0 Å². The van der Waals surface area contributed by atoms with Gasteiger partial charge in [0.25, 0.3) is 0 Å². The summed E-state index contributed by atoms with van der Waals surface area (Å²) in [6, 6.07) is 3.61. The third-order valence-corrected chi connectivity index (χ3v) is 5.67. The van der Waals surface area contributed by atoms with Crippen molar-refractivity contribution in [3.8, 4) is 0 Å². The molecule has 0 N–H and O–H groups in total. The van der Waals surface area contributed by atoms with Crippen LogP contribution in [0.5, 0.6) is 0 Å². The van der Waals surface area contributed by atoms with Crippen molar-refractivity contribution >= 4 is 0 Å². The monoisotopic (exact) mass is 245 g/mol. The summed E-state index contributed by atoms with van der Waals surface area (Å²) in [5, 5.41) is 4.39. The third-order valence-electron chi connectivity index (χ3n) is 5.67. The van der Waals surface area contributed by atoms with Crippen LogP contribution in [-0.2, 0) is 0 Å². The molecule has 3 fully saturated rings. The highest BCUT2D eigenvalue weighted by molar-refractivity contribution is 5.03. The molecule has 3 heteroatoms. The molecule has 1 aromatic rings. The second-order valence-corrected chi connectivity index (χ2v) is 6.67. The Hall–Kier alpha value is -0.830. The van der Waals surface area contributed by atoms with Crippen LogP contribution < -0.4 is 0 Å². The van der Waals surface area contributed by atoms with Crippen molar-refractivity contribution in [2.45, 2.75) is 57.0 Å². The van der Waals surface area contributed by atoms with Crippen molar-refractivity contribution in [1.29, 1.82) is 0 Å². The van der Waals surface area contributed by atoms with Crippen molar-refractivity contribution in [2.75, 3.05) is 13.1 Å². The van der Waals surface area contributed by atoms with Crippen molar-refractivity contribution in [3.63, 3.8) is 0 Å². The summed E-state index contributed by atoms with van der Waals surface area (Å²) < 4.78 is 2.16. The molecule has 98 valence electrons. The first-order valence-electron chi connectivity index (χ1n) is 7.58. The van der Waals surface area contributed by atoms with Gasteiger partial charge in [-0.05, 0) is 50.0 Å². The van der Waals surface area contributed by atoms with Crippen molar-refractivity contribution in [3.05, 3.63) is 18.5 Å². The van der Waals surface area contributed by atoms with Crippen LogP contribution >= 0.6 is 0 Å². The number of rotatable bonds is 2. The average Bonchev–Trinajstić information content (AvgIpc) is 2.79. The van der Waals surface area contributed by atoms with Crippen LogP contribution in [0.1, 0.15) is 51.0 Å². The second kappa shape index (κ2) is 4.09. The number of hydrogen-bond acceptors (Lipinski definition) is 2. The number of aromatic nitrogens is 2. The maximum absolute atomic E-state index is 4.39. The Bertz CT molecular complexity index is 391. The lowest BCUT2D eigenvalue weighted by Gasteiger charge is -2.58. The Morgan fingerprint density at radius 3 is 2.39 bits per heavy atom. The van der Waals surface area contributed by atoms with Gasteiger partial charge in [-0.25, -0.2) is 0 Å². The summed E-state index contributed by atoms with van der Waals surface area (Å²) in [7, 11) is 0. The van der Waals surface area contributed by atoms with Crippen molar-refractivity contribution in [1.82, 2.24) is 14.7 Å². The Kier molecular flexibility index (Phi) is 2.51. The number of piperidine rings is 1. The third kappa shape index (κ3) is 1.71. The van der Waals surface area contributed by atoms with Gasteiger partial charge in [-0.15, -0.1) is 0 Å². The van der Waals surface area contributed by atoms with E-state index in [-0.39, 0.29) is 0 Å². The molecule has 3 aliphatic rings. The molecule has 0 atom stereocenters. The lowest BCUT2D eigenvalue weighted by molar-refractivity contribution is -0.0633. The minimum absolute atomic E-state index is 0.647. The van der Waals surface area contributed by atoms with Gasteiger partial charge in [0.15, 0.2) is 0 Å². The van der Waals surface area contributed by atoms with Gasteiger partial charge >= 0.3 is 0 Å². The number of hydrogen-bond donors (Lipinski definition) is 0. The van der Waals surface area contributed by atoms with E-state index in [0.717, 1.165) is 11.5 Å². The first kappa shape index (κ1) is 11.0. The molecular formula is C15H23N3. The van der Waals surface area contributed by atoms with Crippen LogP contribution in [0.3, 0.4) is 0 Å². The van der Waals surface area contributed by atoms with Crippen molar-refractivity contribution in [2.24, 2.45) is 5.41 Å². The summed E-state index contributed by atoms with van der Waals surface area (Å²) in [4.78, 5) is 2.75. The molecule has 18 heavy (non-hydrogen) atoms. The zero-order chi connectivity index (χ0) is 12.0. The summed E-state index contributed by atoms with van der Waals surface area (Å²) in [6.45, 7) is 2.57. The van der Waals surface area contributed by atoms with E-state index in [0.29, 0.717) is 6.04 Å². The molecule has 1 aliphatic heterocycles. The van der Waals surface area contributed by atoms with Gasteiger partial charge in [0, 0.05) is 31.5 Å². The minimum Gasteiger partial charge on any atom is -0.300 e. The Morgan fingerprint density at radius 2 is 1.83 bits per heavy atom. The smallest absolute Gasteiger partial charge is 0.0543 e. The maximum Gasteiger partial charge on any atom is 0.0543 e. The van der Waals surface area contributed by atoms with E-state index in [9.17, 15) is 0 Å². The first-order valence-corrected chi connectivity index (χ1v) is 7.58. The molecule has 3 nitrogen and oxygen atoms in total. The molecule has 0 unspecified atom stereocenters. The minimum atomic E-state index is 0.647. The van der Waals surface area contributed by atoms with E-state index in [2.05, 4.69) is 20.9 Å². The summed E-state index contributed by atoms with van der Waals surface area (Å²) in [5.41, 5.74) is 0.823. The predicted octanol–water partition coefficient (Wildman–Crippen LogP) is 2.85. The number of nitrogens with zero attached hydrogens (tertiary/aromatic N) is 3. The molecule has 1 spiro atoms. The van der Waals surface area contributed by atoms with E-state index in [1.165, 1.54) is 58.0 Å². The topological polar surface area (TPSA) is 21.1 Å². The van der Waals surface area contributed by atoms with E-state index < -0.39 is 0 Å². The SMILES string of the molecule is c1cnn(C2CCN(C3CC4(CCC4)C3)CC2)c1. The molecule has 2 saturated carbocycles. The molecule has 1 aromatic heterocycles. The Balaban J connectivity index is 1.30. The molecular weight excluding hydrogens is 222 g/mol. The highest BCUT2D eigenvalue weighted by Gasteiger charge is 2.50. The van der Waals surface area contributed by atoms with Gasteiger partial charge in [0.1, 0.15) is 0 Å². The van der Waals surface area contributed by atoms with Crippen LogP contribution in [0.25, 0.3) is 0 Å². The molecule has 4 rings (SSSR count). The first-order chi connectivity index (χ1) is 8.85. The van der Waals surface area contributed by atoms with Gasteiger partial charge in [-0.3, -0.25) is 4.68 Å². The molecule has 0 bridgehead atoms. The van der Waals surface area contributed by atoms with Crippen LogP contribution in [-0.4, -0.2) is 33.8 Å². The van der Waals surface area contributed by atoms with Crippen LogP contribution in [0, 0.1) is 5.41 Å². The van der Waals surface area contributed by atoms with E-state index in [1.807, 2.05) is 12.3 Å². The molecule has 2 aliphatic carbocycles. The van der Waals surface area contributed by atoms with Crippen LogP contribution in [0.15, 0.2) is 18.5 Å². The lowest BCUT2D eigenvalue weighted by Crippen LogP contribution is -2.55. The number of likely N-dealkylation sites (tertiary alicyclic amines) is 1. The second-order valence-electron chi connectivity index (χ2n) is 6.67. The van der Waals surface area contributed by atoms with Gasteiger partial charge in [-0.2, -0.15) is 5.10 Å². The van der Waals surface area contributed by atoms with Crippen LogP contribution in [0.2, 0.25) is 0 Å². The highest BCUT2D eigenvalue weighted by Crippen LogP contribution is 2.57. The van der Waals surface area contributed by atoms with Crippen LogP contribution in [0.4, 0.5) is 0 Å².